The summed E-state index contributed by atoms with van der Waals surface area (Å²) in [6.45, 7) is 3.51. The zero-order valence-electron chi connectivity index (χ0n) is 4.02. The van der Waals surface area contributed by atoms with Crippen LogP contribution in [0.25, 0.3) is 0 Å². The average Bonchev–Trinajstić information content (AvgIpc) is 1.69. The summed E-state index contributed by atoms with van der Waals surface area (Å²) in [6, 6.07) is 0.966. The Balaban J connectivity index is 2.92. The minimum absolute atomic E-state index is 0.505. The monoisotopic (exact) mass is 130 g/mol. The van der Waals surface area contributed by atoms with E-state index in [2.05, 4.69) is 6.58 Å². The highest BCUT2D eigenvalue weighted by molar-refractivity contribution is 6.93. The zero-order chi connectivity index (χ0) is 5.54. The molecule has 0 spiro atoms. The van der Waals surface area contributed by atoms with Crippen molar-refractivity contribution in [1.82, 2.24) is 0 Å². The van der Waals surface area contributed by atoms with Gasteiger partial charge in [0.25, 0.3) is 0 Å². The van der Waals surface area contributed by atoms with Crippen molar-refractivity contribution in [3.8, 4) is 0 Å². The lowest BCUT2D eigenvalue weighted by atomic mass is 10.5. The standard InChI is InChI=1S/C5H7ClSi/c1-2-3-4-5-7-6/h2-4H,1,5H2/b4-3+. The number of rotatable bonds is 3. The number of hydrogen-bond acceptors (Lipinski definition) is 0. The molecule has 2 radical (unpaired) electrons. The molecule has 0 bridgehead atoms. The average molecular weight is 131 g/mol. The van der Waals surface area contributed by atoms with Crippen LogP contribution in [0.1, 0.15) is 0 Å². The predicted octanol–water partition coefficient (Wildman–Crippen LogP) is 2.00. The van der Waals surface area contributed by atoms with Crippen molar-refractivity contribution in [3.63, 3.8) is 0 Å². The van der Waals surface area contributed by atoms with Crippen LogP contribution in [-0.2, 0) is 0 Å². The van der Waals surface area contributed by atoms with Gasteiger partial charge in [0.1, 0.15) is 0 Å². The van der Waals surface area contributed by atoms with Crippen molar-refractivity contribution in [2.45, 2.75) is 6.04 Å². The number of hydrogen-bond donors (Lipinski definition) is 0. The first-order valence-electron chi connectivity index (χ1n) is 2.03. The van der Waals surface area contributed by atoms with Gasteiger partial charge in [-0.1, -0.05) is 24.8 Å². The molecule has 0 N–H and O–H groups in total. The van der Waals surface area contributed by atoms with E-state index in [1.807, 2.05) is 12.2 Å². The quantitative estimate of drug-likeness (QED) is 0.312. The number of allylic oxidation sites excluding steroid dienone is 3. The van der Waals surface area contributed by atoms with Crippen molar-refractivity contribution >= 4 is 19.9 Å². The highest BCUT2D eigenvalue weighted by atomic mass is 35.6. The van der Waals surface area contributed by atoms with Crippen LogP contribution in [0.2, 0.25) is 6.04 Å². The van der Waals surface area contributed by atoms with E-state index in [4.69, 9.17) is 11.1 Å². The minimum Gasteiger partial charge on any atom is -0.171 e. The van der Waals surface area contributed by atoms with E-state index >= 15 is 0 Å². The first-order chi connectivity index (χ1) is 3.41. The van der Waals surface area contributed by atoms with E-state index in [1.54, 1.807) is 6.08 Å². The molecule has 0 heterocycles. The Bertz CT molecular complexity index is 68.5. The summed E-state index contributed by atoms with van der Waals surface area (Å²) < 4.78 is 0. The Labute approximate surface area is 51.4 Å². The molecule has 38 valence electrons. The second kappa shape index (κ2) is 5.99. The summed E-state index contributed by atoms with van der Waals surface area (Å²) in [5, 5.41) is 0. The summed E-state index contributed by atoms with van der Waals surface area (Å²) in [5.41, 5.74) is 0. The second-order valence-electron chi connectivity index (χ2n) is 1.00. The molecule has 0 nitrogen and oxygen atoms in total. The second-order valence-corrected chi connectivity index (χ2v) is 2.48. The first kappa shape index (κ1) is 6.99. The molecule has 0 aromatic rings. The molecule has 0 rings (SSSR count). The van der Waals surface area contributed by atoms with Gasteiger partial charge in [-0.15, -0.1) is 0 Å². The van der Waals surface area contributed by atoms with E-state index in [0.29, 0.717) is 8.83 Å². The van der Waals surface area contributed by atoms with Gasteiger partial charge in [0.2, 0.25) is 0 Å². The largest absolute Gasteiger partial charge is 0.175 e. The van der Waals surface area contributed by atoms with Gasteiger partial charge in [0, 0.05) is 0 Å². The van der Waals surface area contributed by atoms with Gasteiger partial charge in [-0.05, 0) is 6.04 Å². The molecule has 0 saturated carbocycles. The first-order valence-corrected chi connectivity index (χ1v) is 4.24. The zero-order valence-corrected chi connectivity index (χ0v) is 5.78. The van der Waals surface area contributed by atoms with Crippen LogP contribution >= 0.6 is 11.1 Å². The Kier molecular flexibility index (Phi) is 5.98. The maximum absolute atomic E-state index is 5.38. The molecule has 0 unspecified atom stereocenters. The molecule has 0 fully saturated rings. The fraction of sp³-hybridized carbons (Fsp3) is 0.200. The third-order valence-corrected chi connectivity index (χ3v) is 1.32. The molecule has 0 aliphatic carbocycles. The fourth-order valence-corrected chi connectivity index (χ4v) is 0.701. The lowest BCUT2D eigenvalue weighted by molar-refractivity contribution is 1.70. The Morgan fingerprint density at radius 1 is 1.71 bits per heavy atom. The maximum Gasteiger partial charge on any atom is 0.175 e. The molecule has 0 amide bonds. The van der Waals surface area contributed by atoms with E-state index in [1.165, 1.54) is 0 Å². The molecule has 0 aromatic carbocycles. The molecule has 0 atom stereocenters. The highest BCUT2D eigenvalue weighted by Crippen LogP contribution is 1.84. The van der Waals surface area contributed by atoms with E-state index in [-0.39, 0.29) is 0 Å². The topological polar surface area (TPSA) is 0 Å². The van der Waals surface area contributed by atoms with Gasteiger partial charge >= 0.3 is 0 Å². The van der Waals surface area contributed by atoms with Gasteiger partial charge < -0.3 is 0 Å². The van der Waals surface area contributed by atoms with Crippen molar-refractivity contribution < 1.29 is 0 Å². The molecular weight excluding hydrogens is 124 g/mol. The van der Waals surface area contributed by atoms with E-state index < -0.39 is 0 Å². The van der Waals surface area contributed by atoms with Crippen molar-refractivity contribution in [3.05, 3.63) is 24.8 Å². The van der Waals surface area contributed by atoms with Crippen LogP contribution in [0, 0.1) is 0 Å². The Morgan fingerprint density at radius 2 is 2.43 bits per heavy atom. The summed E-state index contributed by atoms with van der Waals surface area (Å²) in [4.78, 5) is 0. The Hall–Kier alpha value is -0.0131. The van der Waals surface area contributed by atoms with Crippen LogP contribution < -0.4 is 0 Å². The smallest absolute Gasteiger partial charge is 0.171 e. The summed E-state index contributed by atoms with van der Waals surface area (Å²) in [5.74, 6) is 0. The number of halogens is 1. The molecule has 0 aliphatic heterocycles. The van der Waals surface area contributed by atoms with Crippen molar-refractivity contribution in [2.75, 3.05) is 0 Å². The van der Waals surface area contributed by atoms with Crippen LogP contribution in [0.15, 0.2) is 24.8 Å². The lowest BCUT2D eigenvalue weighted by Gasteiger charge is -1.73. The Morgan fingerprint density at radius 3 is 2.86 bits per heavy atom. The predicted molar refractivity (Wildman–Crippen MR) is 35.8 cm³/mol. The summed E-state index contributed by atoms with van der Waals surface area (Å²) in [6.07, 6.45) is 5.64. The van der Waals surface area contributed by atoms with Gasteiger partial charge in [-0.3, -0.25) is 0 Å². The SMILES string of the molecule is C=C/C=C/C[Si]Cl. The van der Waals surface area contributed by atoms with E-state index in [9.17, 15) is 0 Å². The third kappa shape index (κ3) is 5.99. The molecule has 0 saturated heterocycles. The minimum atomic E-state index is 0.505. The van der Waals surface area contributed by atoms with Crippen molar-refractivity contribution in [2.24, 2.45) is 0 Å². The lowest BCUT2D eigenvalue weighted by Crippen LogP contribution is -1.66. The summed E-state index contributed by atoms with van der Waals surface area (Å²) >= 11 is 5.38. The molecule has 2 heteroatoms. The molecule has 0 aliphatic rings. The molecule has 0 aromatic heterocycles. The highest BCUT2D eigenvalue weighted by Gasteiger charge is 1.71. The molecular formula is C5H7ClSi. The van der Waals surface area contributed by atoms with E-state index in [0.717, 1.165) is 6.04 Å². The maximum atomic E-state index is 5.38. The van der Waals surface area contributed by atoms with Crippen molar-refractivity contribution in [1.29, 1.82) is 0 Å². The van der Waals surface area contributed by atoms with Gasteiger partial charge in [-0.25, -0.2) is 0 Å². The van der Waals surface area contributed by atoms with Crippen LogP contribution in [0.4, 0.5) is 0 Å². The normalized spacial score (nSPS) is 9.86. The van der Waals surface area contributed by atoms with Gasteiger partial charge in [0.05, 0.1) is 0 Å². The third-order valence-electron chi connectivity index (χ3n) is 0.467. The van der Waals surface area contributed by atoms with Gasteiger partial charge in [-0.2, -0.15) is 11.1 Å². The van der Waals surface area contributed by atoms with Crippen LogP contribution in [0.5, 0.6) is 0 Å². The summed E-state index contributed by atoms with van der Waals surface area (Å²) in [7, 11) is 0.505. The van der Waals surface area contributed by atoms with Gasteiger partial charge in [0.15, 0.2) is 8.83 Å². The fourth-order valence-electron chi connectivity index (χ4n) is 0.209. The van der Waals surface area contributed by atoms with Crippen LogP contribution in [0.3, 0.4) is 0 Å². The van der Waals surface area contributed by atoms with Crippen LogP contribution in [-0.4, -0.2) is 8.83 Å². The molecule has 7 heavy (non-hydrogen) atoms.